The van der Waals surface area contributed by atoms with E-state index in [-0.39, 0.29) is 18.4 Å². The van der Waals surface area contributed by atoms with Crippen molar-refractivity contribution < 1.29 is 9.59 Å². The van der Waals surface area contributed by atoms with Crippen molar-refractivity contribution in [2.24, 2.45) is 0 Å². The summed E-state index contributed by atoms with van der Waals surface area (Å²) in [6, 6.07) is 0. The zero-order chi connectivity index (χ0) is 11.6. The van der Waals surface area contributed by atoms with Crippen molar-refractivity contribution in [2.75, 3.05) is 26.2 Å². The van der Waals surface area contributed by atoms with E-state index in [1.807, 2.05) is 6.92 Å². The van der Waals surface area contributed by atoms with Crippen LogP contribution in [-0.4, -0.2) is 48.4 Å². The van der Waals surface area contributed by atoms with E-state index < -0.39 is 5.54 Å². The molecule has 0 aromatic rings. The molecule has 2 N–H and O–H groups in total. The molecule has 0 aromatic carbocycles. The van der Waals surface area contributed by atoms with Gasteiger partial charge in [0.05, 0.1) is 12.1 Å². The van der Waals surface area contributed by atoms with Gasteiger partial charge in [-0.05, 0) is 25.8 Å². The van der Waals surface area contributed by atoms with Gasteiger partial charge in [0.25, 0.3) is 0 Å². The van der Waals surface area contributed by atoms with Gasteiger partial charge in [-0.25, -0.2) is 0 Å². The van der Waals surface area contributed by atoms with Crippen LogP contribution in [0.4, 0.5) is 0 Å². The maximum atomic E-state index is 12.4. The fourth-order valence-corrected chi connectivity index (χ4v) is 2.56. The lowest BCUT2D eigenvalue weighted by Gasteiger charge is -2.35. The fraction of sp³-hybridized carbons (Fsp3) is 0.818. The number of nitrogens with zero attached hydrogens (tertiary/aromatic N) is 1. The summed E-state index contributed by atoms with van der Waals surface area (Å²) in [5.41, 5.74) is -0.405. The average molecular weight is 225 g/mol. The minimum Gasteiger partial charge on any atom is -0.353 e. The van der Waals surface area contributed by atoms with Crippen LogP contribution in [0.25, 0.3) is 0 Å². The summed E-state index contributed by atoms with van der Waals surface area (Å²) in [4.78, 5) is 25.3. The SMILES string of the molecule is CCC1(C(=O)N2CCNC(=O)C2)CCCN1. The molecule has 0 aromatic heterocycles. The Labute approximate surface area is 95.6 Å². The molecule has 0 saturated carbocycles. The summed E-state index contributed by atoms with van der Waals surface area (Å²) < 4.78 is 0. The van der Waals surface area contributed by atoms with E-state index >= 15 is 0 Å². The van der Waals surface area contributed by atoms with Crippen LogP contribution in [0.15, 0.2) is 0 Å². The second-order valence-corrected chi connectivity index (χ2v) is 4.54. The zero-order valence-corrected chi connectivity index (χ0v) is 9.71. The summed E-state index contributed by atoms with van der Waals surface area (Å²) in [6.07, 6.45) is 2.73. The highest BCUT2D eigenvalue weighted by molar-refractivity contribution is 5.91. The van der Waals surface area contributed by atoms with Crippen LogP contribution < -0.4 is 10.6 Å². The minimum absolute atomic E-state index is 0.0520. The maximum absolute atomic E-state index is 12.4. The molecule has 2 saturated heterocycles. The molecule has 0 spiro atoms. The number of rotatable bonds is 2. The second kappa shape index (κ2) is 4.41. The predicted octanol–water partition coefficient (Wildman–Crippen LogP) is -0.523. The van der Waals surface area contributed by atoms with Gasteiger partial charge in [-0.1, -0.05) is 6.92 Å². The van der Waals surface area contributed by atoms with Crippen molar-refractivity contribution in [3.8, 4) is 0 Å². The first kappa shape index (κ1) is 11.4. The molecule has 2 heterocycles. The number of hydrogen-bond acceptors (Lipinski definition) is 3. The van der Waals surface area contributed by atoms with E-state index in [2.05, 4.69) is 10.6 Å². The van der Waals surface area contributed by atoms with E-state index in [1.165, 1.54) is 0 Å². The highest BCUT2D eigenvalue weighted by Crippen LogP contribution is 2.25. The van der Waals surface area contributed by atoms with Crippen LogP contribution in [0, 0.1) is 0 Å². The molecule has 1 unspecified atom stereocenters. The predicted molar refractivity (Wildman–Crippen MR) is 59.8 cm³/mol. The standard InChI is InChI=1S/C11H19N3O2/c1-2-11(4-3-5-13-11)10(16)14-7-6-12-9(15)8-14/h13H,2-8H2,1H3,(H,12,15). The van der Waals surface area contributed by atoms with E-state index in [0.29, 0.717) is 13.1 Å². The van der Waals surface area contributed by atoms with Gasteiger partial charge in [0.15, 0.2) is 0 Å². The zero-order valence-electron chi connectivity index (χ0n) is 9.71. The summed E-state index contributed by atoms with van der Waals surface area (Å²) in [5.74, 6) is 0.0474. The summed E-state index contributed by atoms with van der Waals surface area (Å²) in [6.45, 7) is 4.35. The monoisotopic (exact) mass is 225 g/mol. The van der Waals surface area contributed by atoms with E-state index in [4.69, 9.17) is 0 Å². The fourth-order valence-electron chi connectivity index (χ4n) is 2.56. The Morgan fingerprint density at radius 1 is 1.50 bits per heavy atom. The lowest BCUT2D eigenvalue weighted by atomic mass is 9.92. The van der Waals surface area contributed by atoms with Crippen LogP contribution in [0.5, 0.6) is 0 Å². The lowest BCUT2D eigenvalue weighted by Crippen LogP contribution is -2.59. The molecule has 2 amide bonds. The molecular weight excluding hydrogens is 206 g/mol. The quantitative estimate of drug-likeness (QED) is 0.664. The Morgan fingerprint density at radius 2 is 2.31 bits per heavy atom. The van der Waals surface area contributed by atoms with Crippen LogP contribution in [0.2, 0.25) is 0 Å². The molecule has 2 aliphatic heterocycles. The molecule has 2 aliphatic rings. The van der Waals surface area contributed by atoms with Gasteiger partial charge in [0.2, 0.25) is 11.8 Å². The third-order valence-corrected chi connectivity index (χ3v) is 3.58. The van der Waals surface area contributed by atoms with E-state index in [0.717, 1.165) is 25.8 Å². The number of hydrogen-bond donors (Lipinski definition) is 2. The van der Waals surface area contributed by atoms with Crippen molar-refractivity contribution in [3.63, 3.8) is 0 Å². The lowest BCUT2D eigenvalue weighted by molar-refractivity contribution is -0.143. The maximum Gasteiger partial charge on any atom is 0.243 e. The van der Waals surface area contributed by atoms with Crippen molar-refractivity contribution in [1.29, 1.82) is 0 Å². The Morgan fingerprint density at radius 3 is 2.88 bits per heavy atom. The third-order valence-electron chi connectivity index (χ3n) is 3.58. The Kier molecular flexibility index (Phi) is 3.14. The summed E-state index contributed by atoms with van der Waals surface area (Å²) in [7, 11) is 0. The van der Waals surface area contributed by atoms with E-state index in [1.54, 1.807) is 4.90 Å². The average Bonchev–Trinajstić information content (AvgIpc) is 2.78. The van der Waals surface area contributed by atoms with Gasteiger partial charge < -0.3 is 15.5 Å². The molecule has 0 radical (unpaired) electrons. The number of piperazine rings is 1. The number of nitrogens with one attached hydrogen (secondary N) is 2. The van der Waals surface area contributed by atoms with Gasteiger partial charge >= 0.3 is 0 Å². The van der Waals surface area contributed by atoms with Crippen molar-refractivity contribution in [1.82, 2.24) is 15.5 Å². The van der Waals surface area contributed by atoms with Crippen molar-refractivity contribution in [3.05, 3.63) is 0 Å². The first-order chi connectivity index (χ1) is 7.68. The van der Waals surface area contributed by atoms with Crippen molar-refractivity contribution in [2.45, 2.75) is 31.7 Å². The summed E-state index contributed by atoms with van der Waals surface area (Å²) in [5, 5.41) is 6.04. The van der Waals surface area contributed by atoms with Gasteiger partial charge in [-0.15, -0.1) is 0 Å². The summed E-state index contributed by atoms with van der Waals surface area (Å²) >= 11 is 0. The minimum atomic E-state index is -0.405. The van der Waals surface area contributed by atoms with Crippen LogP contribution >= 0.6 is 0 Å². The number of carbonyl (C=O) groups excluding carboxylic acids is 2. The number of carbonyl (C=O) groups is 2. The molecule has 1 atom stereocenters. The molecule has 2 fully saturated rings. The van der Waals surface area contributed by atoms with Gasteiger partial charge in [-0.2, -0.15) is 0 Å². The highest BCUT2D eigenvalue weighted by Gasteiger charge is 2.42. The van der Waals surface area contributed by atoms with Crippen molar-refractivity contribution >= 4 is 11.8 Å². The Hall–Kier alpha value is -1.10. The topological polar surface area (TPSA) is 61.4 Å². The van der Waals surface area contributed by atoms with Gasteiger partial charge in [0, 0.05) is 13.1 Å². The van der Waals surface area contributed by atoms with Gasteiger partial charge in [-0.3, -0.25) is 9.59 Å². The number of amides is 2. The molecule has 5 heteroatoms. The van der Waals surface area contributed by atoms with Gasteiger partial charge in [0.1, 0.15) is 0 Å². The van der Waals surface area contributed by atoms with E-state index in [9.17, 15) is 9.59 Å². The molecule has 2 rings (SSSR count). The van der Waals surface area contributed by atoms with Crippen LogP contribution in [-0.2, 0) is 9.59 Å². The normalized spacial score (nSPS) is 30.3. The molecule has 0 bridgehead atoms. The Bertz CT molecular complexity index is 298. The van der Waals surface area contributed by atoms with Crippen LogP contribution in [0.3, 0.4) is 0 Å². The highest BCUT2D eigenvalue weighted by atomic mass is 16.2. The first-order valence-electron chi connectivity index (χ1n) is 5.99. The molecular formula is C11H19N3O2. The second-order valence-electron chi connectivity index (χ2n) is 4.54. The smallest absolute Gasteiger partial charge is 0.243 e. The largest absolute Gasteiger partial charge is 0.353 e. The van der Waals surface area contributed by atoms with Crippen LogP contribution in [0.1, 0.15) is 26.2 Å². The molecule has 90 valence electrons. The Balaban J connectivity index is 2.07. The third kappa shape index (κ3) is 1.91. The molecule has 5 nitrogen and oxygen atoms in total. The molecule has 0 aliphatic carbocycles. The molecule has 16 heavy (non-hydrogen) atoms. The first-order valence-corrected chi connectivity index (χ1v) is 5.99.